The van der Waals surface area contributed by atoms with Gasteiger partial charge in [-0.05, 0) is 6.92 Å². The van der Waals surface area contributed by atoms with E-state index in [4.69, 9.17) is 28.7 Å². The van der Waals surface area contributed by atoms with Crippen molar-refractivity contribution in [1.82, 2.24) is 4.98 Å². The van der Waals surface area contributed by atoms with Crippen LogP contribution in [0.2, 0.25) is 0 Å². The quantitative estimate of drug-likeness (QED) is 0.444. The van der Waals surface area contributed by atoms with Crippen molar-refractivity contribution in [2.24, 2.45) is 0 Å². The molecule has 0 unspecified atom stereocenters. The number of hydrogen-bond acceptors (Lipinski definition) is 6. The first kappa shape index (κ1) is 17.3. The molecule has 0 radical (unpaired) electrons. The first-order valence-electron chi connectivity index (χ1n) is 5.35. The third-order valence-electron chi connectivity index (χ3n) is 2.38. The van der Waals surface area contributed by atoms with Crippen LogP contribution in [-0.2, 0) is 15.6 Å². The smallest absolute Gasteiger partial charge is 0.369 e. The van der Waals surface area contributed by atoms with Gasteiger partial charge in [-0.2, -0.15) is 0 Å². The van der Waals surface area contributed by atoms with Crippen LogP contribution >= 0.6 is 15.2 Å². The molecule has 0 aromatic carbocycles. The Labute approximate surface area is 113 Å². The molecule has 0 atom stereocenters. The van der Waals surface area contributed by atoms with Gasteiger partial charge in [0.1, 0.15) is 5.69 Å². The summed E-state index contributed by atoms with van der Waals surface area (Å²) in [5, 5.41) is 6.19. The van der Waals surface area contributed by atoms with Gasteiger partial charge in [0.2, 0.25) is 0 Å². The monoisotopic (exact) mass is 331 g/mol. The summed E-state index contributed by atoms with van der Waals surface area (Å²) in [6, 6.07) is 0. The molecule has 0 aliphatic rings. The molecule has 0 bridgehead atoms. The molecule has 0 saturated heterocycles. The van der Waals surface area contributed by atoms with E-state index in [0.717, 1.165) is 0 Å². The van der Waals surface area contributed by atoms with Gasteiger partial charge in [0.05, 0.1) is 6.61 Å². The standard InChI is InChI=1S/C8H15NO9P2/c1-3-17-7-6(9-5(2)18-7)4-8(10,19(11,12)13)20(14,15)16/h10H,3-4H2,1-2H3,(H2,11,12,13)(H2,14,15,16). The van der Waals surface area contributed by atoms with Crippen LogP contribution < -0.4 is 4.74 Å². The highest BCUT2D eigenvalue weighted by molar-refractivity contribution is 7.72. The SMILES string of the molecule is CCOc1oc(C)nc1CC(O)(P(=O)(O)O)P(=O)(O)O. The van der Waals surface area contributed by atoms with Crippen LogP contribution in [0.25, 0.3) is 0 Å². The van der Waals surface area contributed by atoms with Crippen molar-refractivity contribution >= 4 is 15.2 Å². The molecule has 0 fully saturated rings. The van der Waals surface area contributed by atoms with Gasteiger partial charge in [-0.1, -0.05) is 0 Å². The molecule has 20 heavy (non-hydrogen) atoms. The van der Waals surface area contributed by atoms with Gasteiger partial charge >= 0.3 is 21.1 Å². The van der Waals surface area contributed by atoms with E-state index < -0.39 is 26.7 Å². The molecule has 0 saturated carbocycles. The van der Waals surface area contributed by atoms with Crippen LogP contribution in [0.15, 0.2) is 4.42 Å². The Morgan fingerprint density at radius 1 is 1.25 bits per heavy atom. The average Bonchev–Trinajstić information content (AvgIpc) is 2.56. The van der Waals surface area contributed by atoms with Crippen LogP contribution in [0, 0.1) is 6.92 Å². The van der Waals surface area contributed by atoms with Crippen LogP contribution in [0.4, 0.5) is 0 Å². The lowest BCUT2D eigenvalue weighted by atomic mass is 10.3. The van der Waals surface area contributed by atoms with Crippen molar-refractivity contribution < 1.29 is 43.0 Å². The molecule has 0 aliphatic heterocycles. The zero-order chi connectivity index (χ0) is 15.8. The van der Waals surface area contributed by atoms with Crippen molar-refractivity contribution in [3.05, 3.63) is 11.6 Å². The van der Waals surface area contributed by atoms with Crippen LogP contribution in [0.3, 0.4) is 0 Å². The maximum atomic E-state index is 11.2. The Morgan fingerprint density at radius 2 is 1.75 bits per heavy atom. The summed E-state index contributed by atoms with van der Waals surface area (Å²) in [6.07, 6.45) is -1.12. The highest BCUT2D eigenvalue weighted by Gasteiger charge is 2.60. The molecule has 1 aromatic rings. The fraction of sp³-hybridized carbons (Fsp3) is 0.625. The molecule has 10 nitrogen and oxygen atoms in total. The van der Waals surface area contributed by atoms with Gasteiger partial charge in [-0.25, -0.2) is 4.98 Å². The number of aryl methyl sites for hydroxylation is 1. The summed E-state index contributed by atoms with van der Waals surface area (Å²) in [5.41, 5.74) is -0.293. The predicted octanol–water partition coefficient (Wildman–Crippen LogP) is -0.0743. The molecule has 1 aromatic heterocycles. The molecule has 12 heteroatoms. The zero-order valence-electron chi connectivity index (χ0n) is 10.6. The molecular formula is C8H15NO9P2. The highest BCUT2D eigenvalue weighted by atomic mass is 31.2. The van der Waals surface area contributed by atoms with E-state index in [-0.39, 0.29) is 24.1 Å². The Bertz CT molecular complexity index is 549. The van der Waals surface area contributed by atoms with Crippen LogP contribution in [0.5, 0.6) is 5.95 Å². The van der Waals surface area contributed by atoms with Gasteiger partial charge in [0.15, 0.2) is 5.89 Å². The van der Waals surface area contributed by atoms with Gasteiger partial charge in [-0.15, -0.1) is 0 Å². The zero-order valence-corrected chi connectivity index (χ0v) is 12.4. The summed E-state index contributed by atoms with van der Waals surface area (Å²) in [7, 11) is -11.1. The predicted molar refractivity (Wildman–Crippen MR) is 65.2 cm³/mol. The van der Waals surface area contributed by atoms with Crippen molar-refractivity contribution in [1.29, 1.82) is 0 Å². The molecule has 116 valence electrons. The maximum absolute atomic E-state index is 11.2. The van der Waals surface area contributed by atoms with E-state index in [2.05, 4.69) is 4.98 Å². The number of ether oxygens (including phenoxy) is 1. The molecule has 1 heterocycles. The van der Waals surface area contributed by atoms with Crippen molar-refractivity contribution in [2.75, 3.05) is 6.61 Å². The fourth-order valence-corrected chi connectivity index (χ4v) is 3.48. The fourth-order valence-electron chi connectivity index (χ4n) is 1.41. The second-order valence-electron chi connectivity index (χ2n) is 3.94. The number of aromatic nitrogens is 1. The van der Waals surface area contributed by atoms with Crippen LogP contribution in [0.1, 0.15) is 18.5 Å². The van der Waals surface area contributed by atoms with Gasteiger partial charge in [0, 0.05) is 13.3 Å². The molecule has 0 spiro atoms. The summed E-state index contributed by atoms with van der Waals surface area (Å²) in [5.74, 6) is -0.201. The maximum Gasteiger partial charge on any atom is 0.369 e. The normalized spacial score (nSPS) is 13.6. The Balaban J connectivity index is 3.29. The third-order valence-corrected chi connectivity index (χ3v) is 6.13. The number of aliphatic hydroxyl groups is 1. The lowest BCUT2D eigenvalue weighted by Crippen LogP contribution is -2.31. The van der Waals surface area contributed by atoms with E-state index >= 15 is 0 Å². The summed E-state index contributed by atoms with van der Waals surface area (Å²) < 4.78 is 32.4. The van der Waals surface area contributed by atoms with Crippen molar-refractivity contribution in [2.45, 2.75) is 25.4 Å². The lowest BCUT2D eigenvalue weighted by Gasteiger charge is -2.28. The minimum atomic E-state index is -5.55. The van der Waals surface area contributed by atoms with Crippen molar-refractivity contribution in [3.8, 4) is 5.95 Å². The first-order chi connectivity index (χ1) is 8.92. The Kier molecular flexibility index (Phi) is 4.83. The summed E-state index contributed by atoms with van der Waals surface area (Å²) in [6.45, 7) is 3.13. The minimum absolute atomic E-state index is 0.0576. The second-order valence-corrected chi connectivity index (χ2v) is 7.95. The average molecular weight is 331 g/mol. The number of nitrogens with zero attached hydrogens (tertiary/aromatic N) is 1. The van der Waals surface area contributed by atoms with E-state index in [1.807, 2.05) is 0 Å². The van der Waals surface area contributed by atoms with Gasteiger partial charge in [0.25, 0.3) is 5.08 Å². The first-order valence-corrected chi connectivity index (χ1v) is 8.57. The van der Waals surface area contributed by atoms with E-state index in [0.29, 0.717) is 0 Å². The molecule has 1 rings (SSSR count). The molecule has 5 N–H and O–H groups in total. The van der Waals surface area contributed by atoms with Gasteiger partial charge in [-0.3, -0.25) is 9.13 Å². The lowest BCUT2D eigenvalue weighted by molar-refractivity contribution is 0.128. The minimum Gasteiger partial charge on any atom is -0.464 e. The number of rotatable bonds is 6. The molecular weight excluding hydrogens is 316 g/mol. The van der Waals surface area contributed by atoms with E-state index in [1.54, 1.807) is 6.92 Å². The van der Waals surface area contributed by atoms with Gasteiger partial charge < -0.3 is 33.8 Å². The Morgan fingerprint density at radius 3 is 2.15 bits per heavy atom. The molecule has 0 amide bonds. The topological polar surface area (TPSA) is 171 Å². The third kappa shape index (κ3) is 3.29. The Hall–Kier alpha value is -0.730. The van der Waals surface area contributed by atoms with E-state index in [9.17, 15) is 14.2 Å². The van der Waals surface area contributed by atoms with Crippen LogP contribution in [-0.4, -0.2) is 41.4 Å². The number of hydrogen-bond donors (Lipinski definition) is 5. The van der Waals surface area contributed by atoms with Crippen molar-refractivity contribution in [3.63, 3.8) is 0 Å². The van der Waals surface area contributed by atoms with E-state index in [1.165, 1.54) is 6.92 Å². The highest BCUT2D eigenvalue weighted by Crippen LogP contribution is 2.68. The molecule has 0 aliphatic carbocycles. The largest absolute Gasteiger partial charge is 0.464 e. The summed E-state index contributed by atoms with van der Waals surface area (Å²) in [4.78, 5) is 39.8. The number of oxazole rings is 1. The second kappa shape index (κ2) is 5.57. The summed E-state index contributed by atoms with van der Waals surface area (Å²) >= 11 is 0.